The van der Waals surface area contributed by atoms with Crippen molar-refractivity contribution in [3.05, 3.63) is 47.3 Å². The fourth-order valence-electron chi connectivity index (χ4n) is 3.21. The monoisotopic (exact) mass is 309 g/mol. The van der Waals surface area contributed by atoms with Gasteiger partial charge in [0.2, 0.25) is 0 Å². The van der Waals surface area contributed by atoms with Gasteiger partial charge in [-0.1, -0.05) is 31.2 Å². The van der Waals surface area contributed by atoms with Crippen molar-refractivity contribution in [2.24, 2.45) is 0 Å². The topological polar surface area (TPSA) is 52.0 Å². The van der Waals surface area contributed by atoms with Crippen molar-refractivity contribution in [3.63, 3.8) is 0 Å². The van der Waals surface area contributed by atoms with Crippen LogP contribution in [0.25, 0.3) is 11.1 Å². The molecule has 1 atom stereocenters. The zero-order chi connectivity index (χ0) is 16.2. The summed E-state index contributed by atoms with van der Waals surface area (Å²) in [7, 11) is 0. The van der Waals surface area contributed by atoms with Gasteiger partial charge in [0.25, 0.3) is 0 Å². The number of benzene rings is 1. The fourth-order valence-corrected chi connectivity index (χ4v) is 3.21. The normalized spacial score (nSPS) is 16.9. The van der Waals surface area contributed by atoms with Crippen LogP contribution in [-0.4, -0.2) is 36.2 Å². The van der Waals surface area contributed by atoms with Crippen molar-refractivity contribution >= 4 is 0 Å². The lowest BCUT2D eigenvalue weighted by atomic mass is 10.00. The molecule has 0 amide bonds. The van der Waals surface area contributed by atoms with Crippen LogP contribution in [0, 0.1) is 11.3 Å². The van der Waals surface area contributed by atoms with Crippen LogP contribution >= 0.6 is 0 Å². The van der Waals surface area contributed by atoms with Gasteiger partial charge in [0.1, 0.15) is 11.8 Å². The van der Waals surface area contributed by atoms with Crippen molar-refractivity contribution in [2.75, 3.05) is 26.3 Å². The highest BCUT2D eigenvalue weighted by Gasteiger charge is 2.18. The molecule has 0 radical (unpaired) electrons. The zero-order valence-corrected chi connectivity index (χ0v) is 13.8. The van der Waals surface area contributed by atoms with E-state index in [2.05, 4.69) is 54.1 Å². The van der Waals surface area contributed by atoms with E-state index in [4.69, 9.17) is 10.00 Å². The Morgan fingerprint density at radius 2 is 1.96 bits per heavy atom. The van der Waals surface area contributed by atoms with Crippen molar-refractivity contribution < 1.29 is 4.74 Å². The predicted octanol–water partition coefficient (Wildman–Crippen LogP) is 3.51. The number of rotatable bonds is 4. The van der Waals surface area contributed by atoms with Gasteiger partial charge in [0.15, 0.2) is 0 Å². The summed E-state index contributed by atoms with van der Waals surface area (Å²) < 4.78 is 5.43. The standard InChI is InChI=1S/C19H23N3O/c1-3-19-18(12-17(13-20)21-19)16-6-4-15(5-7-16)14(2)22-8-10-23-11-9-22/h4-7,12,14,21H,3,8-11H2,1-2H3. The first-order valence-electron chi connectivity index (χ1n) is 8.27. The third-order valence-electron chi connectivity index (χ3n) is 4.67. The Morgan fingerprint density at radius 3 is 2.57 bits per heavy atom. The van der Waals surface area contributed by atoms with Crippen molar-refractivity contribution in [2.45, 2.75) is 26.3 Å². The lowest BCUT2D eigenvalue weighted by Gasteiger charge is -2.32. The SMILES string of the molecule is CCc1[nH]c(C#N)cc1-c1ccc(C(C)N2CCOCC2)cc1. The largest absolute Gasteiger partial charge is 0.379 e. The second-order valence-electron chi connectivity index (χ2n) is 5.99. The minimum Gasteiger partial charge on any atom is -0.379 e. The van der Waals surface area contributed by atoms with Gasteiger partial charge in [-0.05, 0) is 30.5 Å². The van der Waals surface area contributed by atoms with Gasteiger partial charge in [-0.3, -0.25) is 4.90 Å². The van der Waals surface area contributed by atoms with Crippen LogP contribution < -0.4 is 0 Å². The van der Waals surface area contributed by atoms with Gasteiger partial charge < -0.3 is 9.72 Å². The Balaban J connectivity index is 1.82. The second-order valence-corrected chi connectivity index (χ2v) is 5.99. The Labute approximate surface area is 137 Å². The van der Waals surface area contributed by atoms with E-state index in [-0.39, 0.29) is 0 Å². The molecule has 4 heteroatoms. The van der Waals surface area contributed by atoms with Gasteiger partial charge in [-0.2, -0.15) is 5.26 Å². The molecule has 1 unspecified atom stereocenters. The molecule has 2 heterocycles. The van der Waals surface area contributed by atoms with Crippen LogP contribution in [0.4, 0.5) is 0 Å². The lowest BCUT2D eigenvalue weighted by Crippen LogP contribution is -2.37. The van der Waals surface area contributed by atoms with E-state index in [1.165, 1.54) is 5.56 Å². The molecule has 1 N–H and O–H groups in total. The van der Waals surface area contributed by atoms with Gasteiger partial charge >= 0.3 is 0 Å². The molecule has 0 spiro atoms. The average molecular weight is 309 g/mol. The Bertz CT molecular complexity index is 690. The maximum absolute atomic E-state index is 9.08. The number of hydrogen-bond acceptors (Lipinski definition) is 3. The second kappa shape index (κ2) is 6.99. The van der Waals surface area contributed by atoms with Gasteiger partial charge in [0.05, 0.1) is 13.2 Å². The third-order valence-corrected chi connectivity index (χ3v) is 4.67. The minimum absolute atomic E-state index is 0.402. The highest BCUT2D eigenvalue weighted by Crippen LogP contribution is 2.28. The summed E-state index contributed by atoms with van der Waals surface area (Å²) in [5.74, 6) is 0. The number of morpholine rings is 1. The van der Waals surface area contributed by atoms with Crippen molar-refractivity contribution in [1.82, 2.24) is 9.88 Å². The predicted molar refractivity (Wildman–Crippen MR) is 91.1 cm³/mol. The van der Waals surface area contributed by atoms with E-state index < -0.39 is 0 Å². The minimum atomic E-state index is 0.402. The summed E-state index contributed by atoms with van der Waals surface area (Å²) in [6, 6.07) is 13.3. The van der Waals surface area contributed by atoms with Gasteiger partial charge in [-0.15, -0.1) is 0 Å². The van der Waals surface area contributed by atoms with Crippen molar-refractivity contribution in [3.8, 4) is 17.2 Å². The molecular weight excluding hydrogens is 286 g/mol. The number of aromatic amines is 1. The molecule has 1 aliphatic rings. The first-order valence-corrected chi connectivity index (χ1v) is 8.27. The average Bonchev–Trinajstić information content (AvgIpc) is 3.05. The molecule has 4 nitrogen and oxygen atoms in total. The fraction of sp³-hybridized carbons (Fsp3) is 0.421. The molecule has 1 saturated heterocycles. The van der Waals surface area contributed by atoms with E-state index in [0.29, 0.717) is 11.7 Å². The zero-order valence-electron chi connectivity index (χ0n) is 13.8. The molecule has 1 aromatic carbocycles. The van der Waals surface area contributed by atoms with E-state index in [0.717, 1.165) is 49.5 Å². The number of ether oxygens (including phenoxy) is 1. The van der Waals surface area contributed by atoms with Crippen LogP contribution in [0.15, 0.2) is 30.3 Å². The number of H-pyrrole nitrogens is 1. The summed E-state index contributed by atoms with van der Waals surface area (Å²) in [6.07, 6.45) is 0.892. The Morgan fingerprint density at radius 1 is 1.26 bits per heavy atom. The molecule has 2 aromatic rings. The lowest BCUT2D eigenvalue weighted by molar-refractivity contribution is 0.0198. The summed E-state index contributed by atoms with van der Waals surface area (Å²) >= 11 is 0. The number of nitriles is 1. The summed E-state index contributed by atoms with van der Waals surface area (Å²) in [5.41, 5.74) is 5.37. The van der Waals surface area contributed by atoms with Crippen LogP contribution in [0.2, 0.25) is 0 Å². The van der Waals surface area contributed by atoms with Crippen LogP contribution in [0.3, 0.4) is 0 Å². The first-order chi connectivity index (χ1) is 11.2. The van der Waals surface area contributed by atoms with Crippen LogP contribution in [0.5, 0.6) is 0 Å². The van der Waals surface area contributed by atoms with E-state index in [1.54, 1.807) is 0 Å². The number of nitrogens with zero attached hydrogens (tertiary/aromatic N) is 2. The molecule has 23 heavy (non-hydrogen) atoms. The smallest absolute Gasteiger partial charge is 0.118 e. The van der Waals surface area contributed by atoms with E-state index >= 15 is 0 Å². The Hall–Kier alpha value is -2.09. The number of aryl methyl sites for hydroxylation is 1. The maximum atomic E-state index is 9.08. The molecule has 0 bridgehead atoms. The van der Waals surface area contributed by atoms with E-state index in [9.17, 15) is 0 Å². The van der Waals surface area contributed by atoms with Crippen LogP contribution in [0.1, 0.15) is 36.8 Å². The highest BCUT2D eigenvalue weighted by molar-refractivity contribution is 5.68. The van der Waals surface area contributed by atoms with Gasteiger partial charge in [0, 0.05) is 30.4 Å². The molecule has 1 aromatic heterocycles. The first kappa shape index (κ1) is 15.8. The summed E-state index contributed by atoms with van der Waals surface area (Å²) in [6.45, 7) is 7.98. The van der Waals surface area contributed by atoms with Crippen molar-refractivity contribution in [1.29, 1.82) is 5.26 Å². The number of nitrogens with one attached hydrogen (secondary N) is 1. The molecule has 1 fully saturated rings. The molecule has 1 aliphatic heterocycles. The number of aromatic nitrogens is 1. The molecule has 0 saturated carbocycles. The van der Waals surface area contributed by atoms with E-state index in [1.807, 2.05) is 6.07 Å². The molecular formula is C19H23N3O. The third kappa shape index (κ3) is 3.31. The quantitative estimate of drug-likeness (QED) is 0.940. The van der Waals surface area contributed by atoms with Gasteiger partial charge in [-0.25, -0.2) is 0 Å². The molecule has 0 aliphatic carbocycles. The molecule has 3 rings (SSSR count). The summed E-state index contributed by atoms with van der Waals surface area (Å²) in [4.78, 5) is 5.64. The molecule has 120 valence electrons. The maximum Gasteiger partial charge on any atom is 0.118 e. The highest BCUT2D eigenvalue weighted by atomic mass is 16.5. The summed E-state index contributed by atoms with van der Waals surface area (Å²) in [5, 5.41) is 9.08. The number of hydrogen-bond donors (Lipinski definition) is 1. The Kier molecular flexibility index (Phi) is 4.80. The van der Waals surface area contributed by atoms with Crippen LogP contribution in [-0.2, 0) is 11.2 Å².